The number of nitrogens with one attached hydrogen (secondary N) is 1. The molecule has 1 fully saturated rings. The molecule has 1 saturated heterocycles. The first-order chi connectivity index (χ1) is 13.5. The second-order valence-electron chi connectivity index (χ2n) is 7.34. The smallest absolute Gasteiger partial charge is 0.317 e. The fourth-order valence-corrected chi connectivity index (χ4v) is 3.65. The van der Waals surface area contributed by atoms with E-state index in [2.05, 4.69) is 46.5 Å². The molecule has 0 atom stereocenters. The number of benzene rings is 1. The molecule has 1 N–H and O–H groups in total. The van der Waals surface area contributed by atoms with Crippen molar-refractivity contribution in [1.82, 2.24) is 20.0 Å². The van der Waals surface area contributed by atoms with Crippen molar-refractivity contribution in [2.24, 2.45) is 0 Å². The van der Waals surface area contributed by atoms with Gasteiger partial charge in [0.1, 0.15) is 0 Å². The van der Waals surface area contributed by atoms with Gasteiger partial charge in [-0.3, -0.25) is 4.68 Å². The topological polar surface area (TPSA) is 62.6 Å². The molecule has 0 radical (unpaired) electrons. The molecule has 28 heavy (non-hydrogen) atoms. The zero-order valence-electron chi connectivity index (χ0n) is 17.4. The second-order valence-corrected chi connectivity index (χ2v) is 7.34. The van der Waals surface area contributed by atoms with E-state index in [0.717, 1.165) is 49.7 Å². The highest BCUT2D eigenvalue weighted by molar-refractivity contribution is 5.74. The molecule has 1 aliphatic rings. The first kappa shape index (κ1) is 20.2. The van der Waals surface area contributed by atoms with E-state index in [1.807, 2.05) is 23.4 Å². The van der Waals surface area contributed by atoms with E-state index in [4.69, 9.17) is 4.74 Å². The van der Waals surface area contributed by atoms with Gasteiger partial charge in [-0.15, -0.1) is 0 Å². The largest absolute Gasteiger partial charge is 0.383 e. The van der Waals surface area contributed by atoms with Gasteiger partial charge in [0.25, 0.3) is 0 Å². The number of hydrogen-bond donors (Lipinski definition) is 1. The number of nitrogens with zero attached hydrogens (tertiary/aromatic N) is 4. The number of aromatic nitrogens is 2. The highest BCUT2D eigenvalue weighted by atomic mass is 16.5. The molecule has 2 aromatic rings. The molecule has 2 heterocycles. The van der Waals surface area contributed by atoms with Crippen molar-refractivity contribution >= 4 is 11.7 Å². The van der Waals surface area contributed by atoms with Crippen molar-refractivity contribution in [3.63, 3.8) is 0 Å². The number of anilines is 1. The number of urea groups is 1. The van der Waals surface area contributed by atoms with Gasteiger partial charge in [0.15, 0.2) is 0 Å². The Labute approximate surface area is 167 Å². The summed E-state index contributed by atoms with van der Waals surface area (Å²) in [4.78, 5) is 16.9. The van der Waals surface area contributed by atoms with Gasteiger partial charge in [-0.25, -0.2) is 4.79 Å². The lowest BCUT2D eigenvalue weighted by Crippen LogP contribution is -2.51. The van der Waals surface area contributed by atoms with Crippen LogP contribution in [0, 0.1) is 20.8 Å². The van der Waals surface area contributed by atoms with Crippen LogP contribution in [0.2, 0.25) is 0 Å². The molecule has 0 saturated carbocycles. The lowest BCUT2D eigenvalue weighted by atomic mass is 10.2. The molecule has 7 heteroatoms. The molecule has 2 amide bonds. The van der Waals surface area contributed by atoms with E-state index in [-0.39, 0.29) is 6.03 Å². The van der Waals surface area contributed by atoms with Gasteiger partial charge >= 0.3 is 6.03 Å². The van der Waals surface area contributed by atoms with Gasteiger partial charge in [-0.05, 0) is 38.5 Å². The second kappa shape index (κ2) is 9.10. The lowest BCUT2D eigenvalue weighted by Gasteiger charge is -2.36. The lowest BCUT2D eigenvalue weighted by molar-refractivity contribution is 0.182. The van der Waals surface area contributed by atoms with Crippen LogP contribution in [0.5, 0.6) is 0 Å². The third kappa shape index (κ3) is 4.65. The molecular weight excluding hydrogens is 354 g/mol. The predicted molar refractivity (Wildman–Crippen MR) is 111 cm³/mol. The third-order valence-electron chi connectivity index (χ3n) is 5.39. The minimum Gasteiger partial charge on any atom is -0.383 e. The van der Waals surface area contributed by atoms with E-state index in [1.54, 1.807) is 7.11 Å². The summed E-state index contributed by atoms with van der Waals surface area (Å²) in [5, 5.41) is 7.62. The van der Waals surface area contributed by atoms with Crippen molar-refractivity contribution in [2.75, 3.05) is 44.8 Å². The fourth-order valence-electron chi connectivity index (χ4n) is 3.65. The zero-order valence-corrected chi connectivity index (χ0v) is 17.4. The Morgan fingerprint density at radius 3 is 2.61 bits per heavy atom. The molecule has 1 aromatic heterocycles. The van der Waals surface area contributed by atoms with Crippen molar-refractivity contribution in [2.45, 2.75) is 33.9 Å². The maximum atomic E-state index is 12.6. The predicted octanol–water partition coefficient (Wildman–Crippen LogP) is 2.49. The summed E-state index contributed by atoms with van der Waals surface area (Å²) in [5.41, 5.74) is 5.62. The number of amides is 2. The Bertz CT molecular complexity index is 809. The minimum atomic E-state index is -0.00710. The van der Waals surface area contributed by atoms with Crippen LogP contribution in [0.4, 0.5) is 10.5 Å². The SMILES string of the molecule is COCCn1nc(C)c(CNC(=O)N2CCN(c3cccc(C)c3)CC2)c1C. The van der Waals surface area contributed by atoms with Crippen molar-refractivity contribution in [3.8, 4) is 0 Å². The highest BCUT2D eigenvalue weighted by Gasteiger charge is 2.22. The Morgan fingerprint density at radius 2 is 1.93 bits per heavy atom. The van der Waals surface area contributed by atoms with E-state index >= 15 is 0 Å². The quantitative estimate of drug-likeness (QED) is 0.830. The van der Waals surface area contributed by atoms with Crippen LogP contribution in [0.25, 0.3) is 0 Å². The monoisotopic (exact) mass is 385 g/mol. The standard InChI is InChI=1S/C21H31N5O2/c1-16-6-5-7-19(14-16)24-8-10-25(11-9-24)21(27)22-15-20-17(2)23-26(18(20)3)12-13-28-4/h5-7,14H,8-13,15H2,1-4H3,(H,22,27). The molecular formula is C21H31N5O2. The molecule has 0 unspecified atom stereocenters. The number of ether oxygens (including phenoxy) is 1. The fraction of sp³-hybridized carbons (Fsp3) is 0.524. The Hall–Kier alpha value is -2.54. The summed E-state index contributed by atoms with van der Waals surface area (Å²) in [6.07, 6.45) is 0. The van der Waals surface area contributed by atoms with Crippen molar-refractivity contribution < 1.29 is 9.53 Å². The first-order valence-electron chi connectivity index (χ1n) is 9.86. The van der Waals surface area contributed by atoms with Crippen LogP contribution in [-0.4, -0.2) is 60.6 Å². The van der Waals surface area contributed by atoms with Gasteiger partial charge in [-0.1, -0.05) is 12.1 Å². The zero-order chi connectivity index (χ0) is 20.1. The molecule has 0 bridgehead atoms. The number of hydrogen-bond acceptors (Lipinski definition) is 4. The number of carbonyl (C=O) groups excluding carboxylic acids is 1. The molecule has 7 nitrogen and oxygen atoms in total. The van der Waals surface area contributed by atoms with E-state index in [9.17, 15) is 4.79 Å². The average molecular weight is 386 g/mol. The maximum Gasteiger partial charge on any atom is 0.317 e. The Morgan fingerprint density at radius 1 is 1.18 bits per heavy atom. The summed E-state index contributed by atoms with van der Waals surface area (Å²) in [7, 11) is 1.69. The van der Waals surface area contributed by atoms with Gasteiger partial charge in [0.2, 0.25) is 0 Å². The molecule has 3 rings (SSSR count). The summed E-state index contributed by atoms with van der Waals surface area (Å²) in [6, 6.07) is 8.51. The van der Waals surface area contributed by atoms with Crippen LogP contribution < -0.4 is 10.2 Å². The Balaban J connectivity index is 1.52. The van der Waals surface area contributed by atoms with E-state index < -0.39 is 0 Å². The Kier molecular flexibility index (Phi) is 6.57. The molecule has 1 aliphatic heterocycles. The maximum absolute atomic E-state index is 12.6. The number of aryl methyl sites for hydroxylation is 2. The van der Waals surface area contributed by atoms with Crippen LogP contribution in [0.15, 0.2) is 24.3 Å². The number of carbonyl (C=O) groups is 1. The van der Waals surface area contributed by atoms with Gasteiger partial charge in [0.05, 0.1) is 18.8 Å². The molecule has 0 aliphatic carbocycles. The van der Waals surface area contributed by atoms with Crippen molar-refractivity contribution in [3.05, 3.63) is 46.8 Å². The normalized spacial score (nSPS) is 14.4. The number of rotatable bonds is 6. The summed E-state index contributed by atoms with van der Waals surface area (Å²) in [5.74, 6) is 0. The number of methoxy groups -OCH3 is 1. The number of piperazine rings is 1. The van der Waals surface area contributed by atoms with Crippen LogP contribution in [-0.2, 0) is 17.8 Å². The van der Waals surface area contributed by atoms with E-state index in [1.165, 1.54) is 11.3 Å². The summed E-state index contributed by atoms with van der Waals surface area (Å²) >= 11 is 0. The van der Waals surface area contributed by atoms with Gasteiger partial charge < -0.3 is 19.9 Å². The van der Waals surface area contributed by atoms with Crippen molar-refractivity contribution in [1.29, 1.82) is 0 Å². The van der Waals surface area contributed by atoms with Gasteiger partial charge in [0, 0.05) is 56.8 Å². The van der Waals surface area contributed by atoms with E-state index in [0.29, 0.717) is 13.2 Å². The van der Waals surface area contributed by atoms with Crippen LogP contribution >= 0.6 is 0 Å². The third-order valence-corrected chi connectivity index (χ3v) is 5.39. The van der Waals surface area contributed by atoms with Crippen LogP contribution in [0.3, 0.4) is 0 Å². The summed E-state index contributed by atoms with van der Waals surface area (Å²) in [6.45, 7) is 11.1. The highest BCUT2D eigenvalue weighted by Crippen LogP contribution is 2.18. The minimum absolute atomic E-state index is 0.00710. The average Bonchev–Trinajstić information content (AvgIpc) is 2.97. The van der Waals surface area contributed by atoms with Crippen LogP contribution in [0.1, 0.15) is 22.5 Å². The summed E-state index contributed by atoms with van der Waals surface area (Å²) < 4.78 is 7.08. The first-order valence-corrected chi connectivity index (χ1v) is 9.86. The molecule has 152 valence electrons. The molecule has 1 aromatic carbocycles. The molecule has 0 spiro atoms. The van der Waals surface area contributed by atoms with Gasteiger partial charge in [-0.2, -0.15) is 5.10 Å².